The van der Waals surface area contributed by atoms with Crippen LogP contribution in [0.15, 0.2) is 48.0 Å². The number of aliphatic hydroxyl groups excluding tert-OH is 1. The Morgan fingerprint density at radius 1 is 0.968 bits per heavy atom. The number of rotatable bonds is 8. The summed E-state index contributed by atoms with van der Waals surface area (Å²) in [6.45, 7) is 2.42. The fraction of sp³-hybridized carbons (Fsp3) is 0.333. The number of amides is 1. The first-order valence-electron chi connectivity index (χ1n) is 10.1. The van der Waals surface area contributed by atoms with Crippen LogP contribution in [0, 0.1) is 0 Å². The van der Waals surface area contributed by atoms with Gasteiger partial charge in [0.05, 0.1) is 32.9 Å². The minimum absolute atomic E-state index is 0.0542. The molecule has 1 atom stereocenters. The second-order valence-corrected chi connectivity index (χ2v) is 7.19. The summed E-state index contributed by atoms with van der Waals surface area (Å²) in [7, 11) is 4.60. The fourth-order valence-corrected chi connectivity index (χ4v) is 3.71. The van der Waals surface area contributed by atoms with Gasteiger partial charge in [0.25, 0.3) is 11.7 Å². The largest absolute Gasteiger partial charge is 0.507 e. The third-order valence-electron chi connectivity index (χ3n) is 5.38. The molecule has 0 radical (unpaired) electrons. The molecule has 2 aromatic carbocycles. The molecule has 31 heavy (non-hydrogen) atoms. The van der Waals surface area contributed by atoms with Gasteiger partial charge in [0.1, 0.15) is 11.5 Å². The predicted octanol–water partition coefficient (Wildman–Crippen LogP) is 3.93. The fourth-order valence-electron chi connectivity index (χ4n) is 3.71. The lowest BCUT2D eigenvalue weighted by Gasteiger charge is -2.25. The molecule has 0 saturated carbocycles. The van der Waals surface area contributed by atoms with Crippen LogP contribution in [-0.2, 0) is 9.59 Å². The molecule has 0 spiro atoms. The Kier molecular flexibility index (Phi) is 6.84. The summed E-state index contributed by atoms with van der Waals surface area (Å²) < 4.78 is 15.9. The van der Waals surface area contributed by atoms with Crippen molar-refractivity contribution in [3.8, 4) is 17.2 Å². The van der Waals surface area contributed by atoms with Gasteiger partial charge < -0.3 is 24.2 Å². The Balaban J connectivity index is 2.17. The quantitative estimate of drug-likeness (QED) is 0.392. The van der Waals surface area contributed by atoms with Gasteiger partial charge in [-0.05, 0) is 48.4 Å². The highest BCUT2D eigenvalue weighted by Gasteiger charge is 2.46. The Morgan fingerprint density at radius 3 is 2.23 bits per heavy atom. The number of Topliss-reactive ketones (excluding diaryl/α,β-unsaturated/α-hetero) is 1. The molecule has 1 heterocycles. The van der Waals surface area contributed by atoms with Crippen molar-refractivity contribution in [2.24, 2.45) is 0 Å². The number of carbonyl (C=O) groups is 2. The van der Waals surface area contributed by atoms with E-state index in [2.05, 4.69) is 0 Å². The summed E-state index contributed by atoms with van der Waals surface area (Å²) in [6, 6.07) is 11.2. The monoisotopic (exact) mass is 425 g/mol. The van der Waals surface area contributed by atoms with Gasteiger partial charge in [-0.1, -0.05) is 19.4 Å². The summed E-state index contributed by atoms with van der Waals surface area (Å²) in [4.78, 5) is 27.4. The first-order chi connectivity index (χ1) is 15.0. The molecule has 2 aromatic rings. The summed E-state index contributed by atoms with van der Waals surface area (Å²) in [6.07, 6.45) is 1.60. The smallest absolute Gasteiger partial charge is 0.295 e. The van der Waals surface area contributed by atoms with Crippen LogP contribution in [0.25, 0.3) is 5.76 Å². The number of hydrogen-bond acceptors (Lipinski definition) is 6. The maximum Gasteiger partial charge on any atom is 0.295 e. The van der Waals surface area contributed by atoms with Crippen LogP contribution in [0.5, 0.6) is 17.2 Å². The van der Waals surface area contributed by atoms with E-state index >= 15 is 0 Å². The number of aliphatic hydroxyl groups is 1. The van der Waals surface area contributed by atoms with Gasteiger partial charge >= 0.3 is 0 Å². The van der Waals surface area contributed by atoms with Crippen LogP contribution < -0.4 is 14.2 Å². The zero-order valence-corrected chi connectivity index (χ0v) is 18.2. The van der Waals surface area contributed by atoms with Gasteiger partial charge in [-0.3, -0.25) is 9.59 Å². The number of hydrogen-bond donors (Lipinski definition) is 1. The Morgan fingerprint density at radius 2 is 1.65 bits per heavy atom. The van der Waals surface area contributed by atoms with Crippen LogP contribution in [0.4, 0.5) is 0 Å². The number of benzene rings is 2. The molecule has 3 rings (SSSR count). The molecule has 1 fully saturated rings. The number of likely N-dealkylation sites (tertiary alicyclic amines) is 1. The summed E-state index contributed by atoms with van der Waals surface area (Å²) in [5.41, 5.74) is 1.14. The molecule has 1 saturated heterocycles. The lowest BCUT2D eigenvalue weighted by atomic mass is 9.95. The van der Waals surface area contributed by atoms with Crippen LogP contribution in [0.1, 0.15) is 36.9 Å². The van der Waals surface area contributed by atoms with Crippen molar-refractivity contribution in [1.82, 2.24) is 4.90 Å². The number of unbranched alkanes of at least 4 members (excludes halogenated alkanes) is 1. The lowest BCUT2D eigenvalue weighted by Crippen LogP contribution is -2.30. The number of methoxy groups -OCH3 is 3. The molecular weight excluding hydrogens is 398 g/mol. The molecule has 0 aliphatic carbocycles. The molecule has 1 aliphatic rings. The van der Waals surface area contributed by atoms with Crippen molar-refractivity contribution in [3.63, 3.8) is 0 Å². The van der Waals surface area contributed by atoms with E-state index in [1.54, 1.807) is 49.6 Å². The number of ether oxygens (including phenoxy) is 3. The second-order valence-electron chi connectivity index (χ2n) is 7.19. The molecule has 164 valence electrons. The van der Waals surface area contributed by atoms with Crippen molar-refractivity contribution in [1.29, 1.82) is 0 Å². The average molecular weight is 425 g/mol. The van der Waals surface area contributed by atoms with Crippen LogP contribution in [-0.4, -0.2) is 49.6 Å². The maximum atomic E-state index is 13.0. The van der Waals surface area contributed by atoms with E-state index in [9.17, 15) is 14.7 Å². The number of ketones is 1. The van der Waals surface area contributed by atoms with E-state index in [1.807, 2.05) is 6.92 Å². The molecular formula is C24H27NO6. The van der Waals surface area contributed by atoms with Crippen LogP contribution in [0.2, 0.25) is 0 Å². The average Bonchev–Trinajstić information content (AvgIpc) is 3.06. The highest BCUT2D eigenvalue weighted by atomic mass is 16.5. The molecule has 1 aliphatic heterocycles. The van der Waals surface area contributed by atoms with Gasteiger partial charge in [0, 0.05) is 12.1 Å². The third-order valence-corrected chi connectivity index (χ3v) is 5.38. The normalized spacial score (nSPS) is 17.7. The second kappa shape index (κ2) is 9.55. The first-order valence-corrected chi connectivity index (χ1v) is 10.1. The van der Waals surface area contributed by atoms with E-state index in [4.69, 9.17) is 14.2 Å². The van der Waals surface area contributed by atoms with Crippen molar-refractivity contribution < 1.29 is 28.9 Å². The van der Waals surface area contributed by atoms with E-state index in [-0.39, 0.29) is 11.3 Å². The maximum absolute atomic E-state index is 13.0. The van der Waals surface area contributed by atoms with Crippen LogP contribution in [0.3, 0.4) is 0 Å². The van der Waals surface area contributed by atoms with Gasteiger partial charge in [-0.15, -0.1) is 0 Å². The van der Waals surface area contributed by atoms with Gasteiger partial charge in [0.15, 0.2) is 11.5 Å². The van der Waals surface area contributed by atoms with Gasteiger partial charge in [-0.25, -0.2) is 0 Å². The Bertz CT molecular complexity index is 996. The molecule has 1 amide bonds. The van der Waals surface area contributed by atoms with Crippen molar-refractivity contribution in [2.45, 2.75) is 25.8 Å². The van der Waals surface area contributed by atoms with Crippen molar-refractivity contribution in [3.05, 3.63) is 59.2 Å². The summed E-state index contributed by atoms with van der Waals surface area (Å²) >= 11 is 0. The van der Waals surface area contributed by atoms with E-state index in [1.165, 1.54) is 19.1 Å². The lowest BCUT2D eigenvalue weighted by molar-refractivity contribution is -0.139. The predicted molar refractivity (Wildman–Crippen MR) is 116 cm³/mol. The molecule has 0 aromatic heterocycles. The first kappa shape index (κ1) is 22.2. The SMILES string of the molecule is CCCCN1C(=O)C(=O)/C(=C(\O)c2ccc(OC)cc2)C1c1ccc(OC)c(OC)c1. The Labute approximate surface area is 181 Å². The molecule has 7 nitrogen and oxygen atoms in total. The summed E-state index contributed by atoms with van der Waals surface area (Å²) in [5.74, 6) is 0.0844. The minimum Gasteiger partial charge on any atom is -0.507 e. The molecule has 0 bridgehead atoms. The third kappa shape index (κ3) is 4.21. The number of carbonyl (C=O) groups excluding carboxylic acids is 2. The Hall–Kier alpha value is -3.48. The topological polar surface area (TPSA) is 85.3 Å². The van der Waals surface area contributed by atoms with Gasteiger partial charge in [-0.2, -0.15) is 0 Å². The molecule has 1 N–H and O–H groups in total. The highest BCUT2D eigenvalue weighted by Crippen LogP contribution is 2.42. The van der Waals surface area contributed by atoms with E-state index in [0.29, 0.717) is 34.9 Å². The number of nitrogens with zero attached hydrogens (tertiary/aromatic N) is 1. The summed E-state index contributed by atoms with van der Waals surface area (Å²) in [5, 5.41) is 11.1. The zero-order chi connectivity index (χ0) is 22.5. The van der Waals surface area contributed by atoms with Crippen molar-refractivity contribution in [2.75, 3.05) is 27.9 Å². The molecule has 7 heteroatoms. The van der Waals surface area contributed by atoms with Gasteiger partial charge in [0.2, 0.25) is 0 Å². The molecule has 1 unspecified atom stereocenters. The zero-order valence-electron chi connectivity index (χ0n) is 18.2. The van der Waals surface area contributed by atoms with E-state index < -0.39 is 17.7 Å². The van der Waals surface area contributed by atoms with E-state index in [0.717, 1.165) is 12.8 Å². The minimum atomic E-state index is -0.728. The standard InChI is InChI=1S/C24H27NO6/c1-5-6-13-25-21(16-9-12-18(30-3)19(14-16)31-4)20(23(27)24(25)28)22(26)15-7-10-17(29-2)11-8-15/h7-12,14,21,26H,5-6,13H2,1-4H3/b22-20-. The van der Waals surface area contributed by atoms with Crippen LogP contribution >= 0.6 is 0 Å². The van der Waals surface area contributed by atoms with Crippen molar-refractivity contribution >= 4 is 17.4 Å². The highest BCUT2D eigenvalue weighted by molar-refractivity contribution is 6.46.